The maximum atomic E-state index is 12.6. The Bertz CT molecular complexity index is 928. The molecule has 0 amide bonds. The molecule has 1 aliphatic heterocycles. The van der Waals surface area contributed by atoms with E-state index in [2.05, 4.69) is 19.6 Å². The van der Waals surface area contributed by atoms with Crippen molar-refractivity contribution >= 4 is 11.3 Å². The molecule has 1 aromatic carbocycles. The number of ether oxygens (including phenoxy) is 1. The number of fused-ring (bicyclic) bond motifs is 1. The Hall–Kier alpha value is -2.45. The first kappa shape index (κ1) is 17.9. The van der Waals surface area contributed by atoms with Crippen molar-refractivity contribution < 1.29 is 17.9 Å². The molecule has 0 fully saturated rings. The molecule has 8 heteroatoms. The minimum atomic E-state index is -4.70. The second-order valence-electron chi connectivity index (χ2n) is 6.26. The van der Waals surface area contributed by atoms with E-state index in [1.54, 1.807) is 23.5 Å². The summed E-state index contributed by atoms with van der Waals surface area (Å²) < 4.78 is 42.0. The zero-order valence-electron chi connectivity index (χ0n) is 14.2. The fourth-order valence-corrected chi connectivity index (χ4v) is 3.80. The number of hydrogen-bond donors (Lipinski definition) is 0. The fraction of sp³-hybridized carbons (Fsp3) is 0.263. The van der Waals surface area contributed by atoms with Crippen LogP contribution in [0.25, 0.3) is 10.7 Å². The maximum Gasteiger partial charge on any atom is 0.573 e. The summed E-state index contributed by atoms with van der Waals surface area (Å²) in [7, 11) is 0. The second-order valence-corrected chi connectivity index (χ2v) is 7.21. The fourth-order valence-electron chi connectivity index (χ4n) is 3.13. The molecular weight excluding hydrogens is 375 g/mol. The van der Waals surface area contributed by atoms with Crippen LogP contribution < -0.4 is 4.74 Å². The van der Waals surface area contributed by atoms with Gasteiger partial charge >= 0.3 is 6.36 Å². The number of rotatable bonds is 4. The molecule has 0 bridgehead atoms. The van der Waals surface area contributed by atoms with E-state index >= 15 is 0 Å². The van der Waals surface area contributed by atoms with E-state index in [1.165, 1.54) is 12.1 Å². The molecule has 0 unspecified atom stereocenters. The Balaban J connectivity index is 1.49. The first-order chi connectivity index (χ1) is 13.0. The van der Waals surface area contributed by atoms with Crippen LogP contribution in [0.5, 0.6) is 5.75 Å². The van der Waals surface area contributed by atoms with Crippen LogP contribution in [0.3, 0.4) is 0 Å². The number of alkyl halides is 3. The lowest BCUT2D eigenvalue weighted by atomic mass is 10.1. The highest BCUT2D eigenvalue weighted by atomic mass is 32.1. The lowest BCUT2D eigenvalue weighted by molar-refractivity contribution is -0.275. The number of benzene rings is 1. The van der Waals surface area contributed by atoms with Crippen LogP contribution in [0.1, 0.15) is 16.8 Å². The zero-order valence-corrected chi connectivity index (χ0v) is 15.1. The van der Waals surface area contributed by atoms with Crippen molar-refractivity contribution in [2.45, 2.75) is 25.9 Å². The van der Waals surface area contributed by atoms with Gasteiger partial charge in [-0.2, -0.15) is 0 Å². The summed E-state index contributed by atoms with van der Waals surface area (Å²) in [5, 5.41) is 1.99. The monoisotopic (exact) mass is 391 g/mol. The van der Waals surface area contributed by atoms with Crippen molar-refractivity contribution in [2.75, 3.05) is 6.54 Å². The number of thiophene rings is 1. The number of aromatic nitrogens is 2. The molecule has 4 rings (SSSR count). The predicted molar refractivity (Wildman–Crippen MR) is 96.3 cm³/mol. The number of hydrogen-bond acceptors (Lipinski definition) is 5. The molecule has 0 atom stereocenters. The minimum Gasteiger partial charge on any atom is -0.405 e. The molecule has 3 aromatic rings. The van der Waals surface area contributed by atoms with Gasteiger partial charge in [-0.3, -0.25) is 4.90 Å². The summed E-state index contributed by atoms with van der Waals surface area (Å²) >= 11 is 1.59. The standard InChI is InChI=1S/C19H16F3N3OS/c20-19(21,22)26-16-5-2-1-4-13(16)11-25-8-7-15-14(12-25)10-23-18(24-15)17-6-3-9-27-17/h1-6,9-10H,7-8,11-12H2. The lowest BCUT2D eigenvalue weighted by Gasteiger charge is -2.28. The molecule has 1 aliphatic rings. The van der Waals surface area contributed by atoms with Gasteiger partial charge < -0.3 is 4.74 Å². The van der Waals surface area contributed by atoms with E-state index in [0.29, 0.717) is 25.2 Å². The van der Waals surface area contributed by atoms with E-state index in [-0.39, 0.29) is 5.75 Å². The molecular formula is C19H16F3N3OS. The van der Waals surface area contributed by atoms with Crippen LogP contribution in [-0.2, 0) is 19.5 Å². The summed E-state index contributed by atoms with van der Waals surface area (Å²) in [6.07, 6.45) is -2.14. The van der Waals surface area contributed by atoms with E-state index in [1.807, 2.05) is 23.7 Å². The average molecular weight is 391 g/mol. The highest BCUT2D eigenvalue weighted by molar-refractivity contribution is 7.13. The molecule has 0 N–H and O–H groups in total. The highest BCUT2D eigenvalue weighted by Crippen LogP contribution is 2.29. The molecule has 27 heavy (non-hydrogen) atoms. The van der Waals surface area contributed by atoms with Crippen LogP contribution in [0.2, 0.25) is 0 Å². The van der Waals surface area contributed by atoms with E-state index in [4.69, 9.17) is 0 Å². The molecule has 0 spiro atoms. The first-order valence-electron chi connectivity index (χ1n) is 8.42. The van der Waals surface area contributed by atoms with Gasteiger partial charge in [0.15, 0.2) is 5.82 Å². The maximum absolute atomic E-state index is 12.6. The quantitative estimate of drug-likeness (QED) is 0.648. The van der Waals surface area contributed by atoms with Crippen LogP contribution >= 0.6 is 11.3 Å². The molecule has 0 saturated heterocycles. The van der Waals surface area contributed by atoms with Gasteiger partial charge in [0.25, 0.3) is 0 Å². The van der Waals surface area contributed by atoms with Gasteiger partial charge in [0.1, 0.15) is 5.75 Å². The van der Waals surface area contributed by atoms with Gasteiger partial charge in [-0.25, -0.2) is 9.97 Å². The van der Waals surface area contributed by atoms with Gasteiger partial charge in [0.05, 0.1) is 10.6 Å². The largest absolute Gasteiger partial charge is 0.573 e. The second kappa shape index (κ2) is 7.28. The van der Waals surface area contributed by atoms with Crippen molar-refractivity contribution in [1.82, 2.24) is 14.9 Å². The van der Waals surface area contributed by atoms with Gasteiger partial charge in [-0.05, 0) is 17.5 Å². The topological polar surface area (TPSA) is 38.2 Å². The Labute approximate surface area is 158 Å². The number of para-hydroxylation sites is 1. The van der Waals surface area contributed by atoms with Crippen LogP contribution in [0.15, 0.2) is 48.0 Å². The number of halogens is 3. The van der Waals surface area contributed by atoms with E-state index < -0.39 is 6.36 Å². The van der Waals surface area contributed by atoms with Gasteiger partial charge in [0, 0.05) is 43.4 Å². The predicted octanol–water partition coefficient (Wildman–Crippen LogP) is 4.66. The summed E-state index contributed by atoms with van der Waals surface area (Å²) in [5.41, 5.74) is 2.52. The van der Waals surface area contributed by atoms with Crippen molar-refractivity contribution in [3.8, 4) is 16.5 Å². The Kier molecular flexibility index (Phi) is 4.84. The average Bonchev–Trinajstić information content (AvgIpc) is 3.16. The third kappa shape index (κ3) is 4.28. The van der Waals surface area contributed by atoms with Crippen molar-refractivity contribution in [3.63, 3.8) is 0 Å². The molecule has 140 valence electrons. The van der Waals surface area contributed by atoms with Gasteiger partial charge in [-0.15, -0.1) is 24.5 Å². The van der Waals surface area contributed by atoms with Crippen molar-refractivity contribution in [2.24, 2.45) is 0 Å². The smallest absolute Gasteiger partial charge is 0.405 e. The molecule has 0 radical (unpaired) electrons. The van der Waals surface area contributed by atoms with Crippen molar-refractivity contribution in [1.29, 1.82) is 0 Å². The Morgan fingerprint density at radius 3 is 2.78 bits per heavy atom. The molecule has 0 aliphatic carbocycles. The third-order valence-corrected chi connectivity index (χ3v) is 5.21. The Morgan fingerprint density at radius 2 is 2.00 bits per heavy atom. The van der Waals surface area contributed by atoms with E-state index in [0.717, 1.165) is 28.4 Å². The van der Waals surface area contributed by atoms with Crippen LogP contribution in [0.4, 0.5) is 13.2 Å². The molecule has 4 nitrogen and oxygen atoms in total. The molecule has 0 saturated carbocycles. The van der Waals surface area contributed by atoms with E-state index in [9.17, 15) is 13.2 Å². The SMILES string of the molecule is FC(F)(F)Oc1ccccc1CN1CCc2nc(-c3cccs3)ncc2C1. The van der Waals surface area contributed by atoms with Crippen LogP contribution in [-0.4, -0.2) is 27.8 Å². The normalized spacial score (nSPS) is 14.8. The van der Waals surface area contributed by atoms with Gasteiger partial charge in [-0.1, -0.05) is 24.3 Å². The van der Waals surface area contributed by atoms with Gasteiger partial charge in [0.2, 0.25) is 0 Å². The molecule has 2 aromatic heterocycles. The lowest BCUT2D eigenvalue weighted by Crippen LogP contribution is -2.31. The summed E-state index contributed by atoms with van der Waals surface area (Å²) in [5.74, 6) is 0.571. The highest BCUT2D eigenvalue weighted by Gasteiger charge is 2.32. The summed E-state index contributed by atoms with van der Waals surface area (Å²) in [6.45, 7) is 1.69. The zero-order chi connectivity index (χ0) is 18.9. The summed E-state index contributed by atoms with van der Waals surface area (Å²) in [4.78, 5) is 12.2. The Morgan fingerprint density at radius 1 is 1.15 bits per heavy atom. The summed E-state index contributed by atoms with van der Waals surface area (Å²) in [6, 6.07) is 10.2. The molecule has 3 heterocycles. The van der Waals surface area contributed by atoms with Crippen molar-refractivity contribution in [3.05, 3.63) is 64.8 Å². The third-order valence-electron chi connectivity index (χ3n) is 4.35. The first-order valence-corrected chi connectivity index (χ1v) is 9.30. The van der Waals surface area contributed by atoms with Crippen LogP contribution in [0, 0.1) is 0 Å². The number of nitrogens with zero attached hydrogens (tertiary/aromatic N) is 3. The minimum absolute atomic E-state index is 0.153.